The average Bonchev–Trinajstić information content (AvgIpc) is 2.28. The van der Waals surface area contributed by atoms with E-state index in [1.165, 1.54) is 0 Å². The minimum Gasteiger partial charge on any atom is -0.392 e. The van der Waals surface area contributed by atoms with Gasteiger partial charge in [-0.1, -0.05) is 47.2 Å². The molecule has 1 unspecified atom stereocenters. The van der Waals surface area contributed by atoms with Crippen molar-refractivity contribution in [2.75, 3.05) is 0 Å². The fourth-order valence-corrected chi connectivity index (χ4v) is 3.59. The summed E-state index contributed by atoms with van der Waals surface area (Å²) in [6, 6.07) is 7.39. The second-order valence-electron chi connectivity index (χ2n) is 3.79. The number of halogens is 1. The SMILES string of the molecule is CCC(C(N)=S)S(=O)(=O)NCc1ccc(Br)cc1. The number of thiocarbonyl (C=S) groups is 1. The molecule has 18 heavy (non-hydrogen) atoms. The van der Waals surface area contributed by atoms with Gasteiger partial charge in [-0.15, -0.1) is 0 Å². The van der Waals surface area contributed by atoms with Gasteiger partial charge in [0.2, 0.25) is 10.0 Å². The molecule has 3 N–H and O–H groups in total. The molecule has 0 aromatic heterocycles. The highest BCUT2D eigenvalue weighted by Gasteiger charge is 2.25. The van der Waals surface area contributed by atoms with Gasteiger partial charge in [-0.05, 0) is 24.1 Å². The third kappa shape index (κ3) is 4.31. The van der Waals surface area contributed by atoms with Crippen molar-refractivity contribution < 1.29 is 8.42 Å². The summed E-state index contributed by atoms with van der Waals surface area (Å²) in [6.07, 6.45) is 0.366. The number of benzene rings is 1. The maximum atomic E-state index is 12.0. The molecule has 0 saturated carbocycles. The minimum atomic E-state index is -3.51. The second-order valence-corrected chi connectivity index (χ2v) is 7.13. The van der Waals surface area contributed by atoms with Crippen molar-refractivity contribution >= 4 is 43.2 Å². The third-order valence-corrected chi connectivity index (χ3v) is 5.30. The van der Waals surface area contributed by atoms with Gasteiger partial charge < -0.3 is 5.73 Å². The van der Waals surface area contributed by atoms with Crippen molar-refractivity contribution in [2.45, 2.75) is 25.1 Å². The van der Waals surface area contributed by atoms with Crippen LogP contribution in [0.5, 0.6) is 0 Å². The largest absolute Gasteiger partial charge is 0.392 e. The Balaban J connectivity index is 2.72. The number of rotatable bonds is 6. The van der Waals surface area contributed by atoms with Crippen LogP contribution in [0.25, 0.3) is 0 Å². The van der Waals surface area contributed by atoms with Crippen molar-refractivity contribution in [1.82, 2.24) is 4.72 Å². The number of nitrogens with one attached hydrogen (secondary N) is 1. The van der Waals surface area contributed by atoms with E-state index in [1.54, 1.807) is 6.92 Å². The van der Waals surface area contributed by atoms with Crippen LogP contribution in [0.15, 0.2) is 28.7 Å². The van der Waals surface area contributed by atoms with E-state index < -0.39 is 15.3 Å². The molecule has 100 valence electrons. The maximum Gasteiger partial charge on any atom is 0.221 e. The van der Waals surface area contributed by atoms with Gasteiger partial charge in [0.25, 0.3) is 0 Å². The van der Waals surface area contributed by atoms with Gasteiger partial charge in [0.1, 0.15) is 5.25 Å². The number of nitrogens with two attached hydrogens (primary N) is 1. The fraction of sp³-hybridized carbons (Fsp3) is 0.364. The van der Waals surface area contributed by atoms with E-state index in [0.717, 1.165) is 10.0 Å². The van der Waals surface area contributed by atoms with Crippen LogP contribution in [0.4, 0.5) is 0 Å². The van der Waals surface area contributed by atoms with Gasteiger partial charge in [-0.25, -0.2) is 13.1 Å². The van der Waals surface area contributed by atoms with Gasteiger partial charge in [0.05, 0.1) is 4.99 Å². The first-order valence-corrected chi connectivity index (χ1v) is 8.14. The predicted octanol–water partition coefficient (Wildman–Crippen LogP) is 1.93. The number of hydrogen-bond acceptors (Lipinski definition) is 3. The molecule has 4 nitrogen and oxygen atoms in total. The lowest BCUT2D eigenvalue weighted by Crippen LogP contribution is -2.41. The Kier molecular flexibility index (Phi) is 5.71. The predicted molar refractivity (Wildman–Crippen MR) is 80.8 cm³/mol. The summed E-state index contributed by atoms with van der Waals surface area (Å²) in [5, 5.41) is -0.817. The molecule has 1 aromatic carbocycles. The summed E-state index contributed by atoms with van der Waals surface area (Å²) in [6.45, 7) is 1.97. The summed E-state index contributed by atoms with van der Waals surface area (Å²) >= 11 is 8.08. The van der Waals surface area contributed by atoms with Gasteiger partial charge in [0, 0.05) is 11.0 Å². The molecule has 0 aliphatic carbocycles. The van der Waals surface area contributed by atoms with Crippen molar-refractivity contribution in [3.8, 4) is 0 Å². The fourth-order valence-electron chi connectivity index (χ4n) is 1.46. The van der Waals surface area contributed by atoms with E-state index in [9.17, 15) is 8.42 Å². The monoisotopic (exact) mass is 350 g/mol. The zero-order valence-electron chi connectivity index (χ0n) is 9.89. The summed E-state index contributed by atoms with van der Waals surface area (Å²) in [4.78, 5) is 0.000746. The molecule has 0 heterocycles. The smallest absolute Gasteiger partial charge is 0.221 e. The normalized spacial score (nSPS) is 13.2. The number of hydrogen-bond donors (Lipinski definition) is 2. The van der Waals surface area contributed by atoms with E-state index >= 15 is 0 Å². The van der Waals surface area contributed by atoms with E-state index in [2.05, 4.69) is 20.7 Å². The van der Waals surface area contributed by atoms with Crippen molar-refractivity contribution in [2.24, 2.45) is 5.73 Å². The van der Waals surface area contributed by atoms with Crippen LogP contribution in [0, 0.1) is 0 Å². The van der Waals surface area contributed by atoms with Crippen LogP contribution in [-0.4, -0.2) is 18.7 Å². The summed E-state index contributed by atoms with van der Waals surface area (Å²) in [5.74, 6) is 0. The minimum absolute atomic E-state index is 0.000746. The van der Waals surface area contributed by atoms with Crippen molar-refractivity contribution in [3.05, 3.63) is 34.3 Å². The molecule has 0 aliphatic rings. The van der Waals surface area contributed by atoms with Gasteiger partial charge >= 0.3 is 0 Å². The highest BCUT2D eigenvalue weighted by Crippen LogP contribution is 2.11. The molecule has 0 amide bonds. The highest BCUT2D eigenvalue weighted by molar-refractivity contribution is 9.10. The van der Waals surface area contributed by atoms with Crippen LogP contribution >= 0.6 is 28.1 Å². The van der Waals surface area contributed by atoms with Crippen molar-refractivity contribution in [1.29, 1.82) is 0 Å². The molecular weight excluding hydrogens is 336 g/mol. The molecule has 7 heteroatoms. The molecule has 1 atom stereocenters. The maximum absolute atomic E-state index is 12.0. The Morgan fingerprint density at radius 3 is 2.44 bits per heavy atom. The van der Waals surface area contributed by atoms with Gasteiger partial charge in [-0.2, -0.15) is 0 Å². The molecule has 0 aliphatic heterocycles. The van der Waals surface area contributed by atoms with Crippen LogP contribution < -0.4 is 10.5 Å². The summed E-state index contributed by atoms with van der Waals surface area (Å²) in [5.41, 5.74) is 6.30. The molecule has 0 radical (unpaired) electrons. The molecule has 0 spiro atoms. The van der Waals surface area contributed by atoms with E-state index in [4.69, 9.17) is 18.0 Å². The first-order valence-electron chi connectivity index (χ1n) is 5.39. The highest BCUT2D eigenvalue weighted by atomic mass is 79.9. The molecule has 1 aromatic rings. The zero-order valence-corrected chi connectivity index (χ0v) is 13.1. The van der Waals surface area contributed by atoms with Crippen molar-refractivity contribution in [3.63, 3.8) is 0 Å². The van der Waals surface area contributed by atoms with E-state index in [-0.39, 0.29) is 11.5 Å². The number of sulfonamides is 1. The molecule has 0 saturated heterocycles. The van der Waals surface area contributed by atoms with E-state index in [0.29, 0.717) is 6.42 Å². The first-order chi connectivity index (χ1) is 8.36. The van der Waals surface area contributed by atoms with Gasteiger partial charge in [0.15, 0.2) is 0 Å². The Hall–Kier alpha value is -0.500. The Bertz CT molecular complexity index is 514. The molecule has 0 bridgehead atoms. The van der Waals surface area contributed by atoms with Crippen LogP contribution in [-0.2, 0) is 16.6 Å². The topological polar surface area (TPSA) is 72.2 Å². The van der Waals surface area contributed by atoms with Gasteiger partial charge in [-0.3, -0.25) is 0 Å². The Morgan fingerprint density at radius 1 is 1.44 bits per heavy atom. The lowest BCUT2D eigenvalue weighted by atomic mass is 10.2. The zero-order chi connectivity index (χ0) is 13.8. The lowest BCUT2D eigenvalue weighted by molar-refractivity contribution is 0.574. The quantitative estimate of drug-likeness (QED) is 0.769. The Morgan fingerprint density at radius 2 is 2.00 bits per heavy atom. The van der Waals surface area contributed by atoms with Crippen LogP contribution in [0.1, 0.15) is 18.9 Å². The summed E-state index contributed by atoms with van der Waals surface area (Å²) < 4.78 is 27.4. The van der Waals surface area contributed by atoms with Crippen LogP contribution in [0.2, 0.25) is 0 Å². The van der Waals surface area contributed by atoms with Crippen LogP contribution in [0.3, 0.4) is 0 Å². The lowest BCUT2D eigenvalue weighted by Gasteiger charge is -2.15. The first kappa shape index (κ1) is 15.6. The third-order valence-electron chi connectivity index (χ3n) is 2.45. The Labute approximate surface area is 121 Å². The van der Waals surface area contributed by atoms with E-state index in [1.807, 2.05) is 24.3 Å². The molecule has 1 rings (SSSR count). The molecular formula is C11H15BrN2O2S2. The average molecular weight is 351 g/mol. The standard InChI is InChI=1S/C11H15BrN2O2S2/c1-2-10(11(13)17)18(15,16)14-7-8-3-5-9(12)6-4-8/h3-6,10,14H,2,7H2,1H3,(H2,13,17). The summed E-state index contributed by atoms with van der Waals surface area (Å²) in [7, 11) is -3.51. The molecule has 0 fully saturated rings. The second kappa shape index (κ2) is 6.60.